The van der Waals surface area contributed by atoms with Crippen molar-refractivity contribution in [3.63, 3.8) is 0 Å². The van der Waals surface area contributed by atoms with Crippen LogP contribution in [0.3, 0.4) is 0 Å². The van der Waals surface area contributed by atoms with E-state index >= 15 is 0 Å². The fraction of sp³-hybridized carbons (Fsp3) is 0.812. The lowest BCUT2D eigenvalue weighted by Gasteiger charge is -2.46. The van der Waals surface area contributed by atoms with E-state index in [2.05, 4.69) is 60.2 Å². The lowest BCUT2D eigenvalue weighted by Crippen LogP contribution is -2.61. The third kappa shape index (κ3) is 8.80. The minimum Gasteiger partial charge on any atom is -0.314 e. The molecule has 0 spiro atoms. The zero-order valence-electron chi connectivity index (χ0n) is 14.8. The maximum atomic E-state index is 5.30. The Balaban J connectivity index is 0.000000277. The summed E-state index contributed by atoms with van der Waals surface area (Å²) in [6, 6.07) is 0.683. The number of piperidine rings is 1. The molecule has 0 atom stereocenters. The van der Waals surface area contributed by atoms with Crippen molar-refractivity contribution in [2.45, 2.75) is 77.4 Å². The molecule has 0 unspecified atom stereocenters. The number of hydrogen-bond acceptors (Lipinski definition) is 5. The Hall–Kier alpha value is -0.490. The largest absolute Gasteiger partial charge is 0.314 e. The summed E-state index contributed by atoms with van der Waals surface area (Å²) in [6.45, 7) is 12.7. The monoisotopic (exact) mass is 361 g/mol. The number of hydrogen-bond donors (Lipinski definition) is 2. The van der Waals surface area contributed by atoms with Gasteiger partial charge in [-0.25, -0.2) is 9.97 Å². The Morgan fingerprint density at radius 2 is 1.65 bits per heavy atom. The van der Waals surface area contributed by atoms with Gasteiger partial charge in [0.1, 0.15) is 6.33 Å². The zero-order valence-corrected chi connectivity index (χ0v) is 16.3. The van der Waals surface area contributed by atoms with Crippen molar-refractivity contribution >= 4 is 23.2 Å². The smallest absolute Gasteiger partial charge is 0.226 e. The fourth-order valence-corrected chi connectivity index (χ4v) is 3.50. The first kappa shape index (κ1) is 20.6. The van der Waals surface area contributed by atoms with E-state index in [1.165, 1.54) is 38.6 Å². The number of nitrogens with one attached hydrogen (secondary N) is 2. The number of rotatable bonds is 4. The first-order chi connectivity index (χ1) is 10.6. The molecule has 23 heavy (non-hydrogen) atoms. The average Bonchev–Trinajstić information content (AvgIpc) is 2.35. The van der Waals surface area contributed by atoms with E-state index in [1.807, 2.05) is 0 Å². The first-order valence-corrected chi connectivity index (χ1v) is 8.92. The van der Waals surface area contributed by atoms with Gasteiger partial charge in [0.2, 0.25) is 10.6 Å². The van der Waals surface area contributed by atoms with Gasteiger partial charge < -0.3 is 10.6 Å². The van der Waals surface area contributed by atoms with Gasteiger partial charge in [-0.3, -0.25) is 0 Å². The molecule has 0 saturated carbocycles. The van der Waals surface area contributed by atoms with Crippen molar-refractivity contribution in [2.75, 3.05) is 6.54 Å². The standard InChI is InChI=1S/C13H28N2.C3HCl2N3/c1-6-7-8-14-11-9-12(2,3)15-13(4,5)10-11;4-2-6-1-7-3(5)8-2/h11,14-15H,6-10H2,1-5H3;1H. The van der Waals surface area contributed by atoms with Crippen LogP contribution < -0.4 is 10.6 Å². The maximum absolute atomic E-state index is 5.30. The van der Waals surface area contributed by atoms with Crippen LogP contribution in [0, 0.1) is 0 Å². The van der Waals surface area contributed by atoms with E-state index in [0.29, 0.717) is 6.04 Å². The number of halogens is 2. The van der Waals surface area contributed by atoms with Crippen molar-refractivity contribution in [3.8, 4) is 0 Å². The molecule has 2 rings (SSSR count). The van der Waals surface area contributed by atoms with Crippen molar-refractivity contribution in [1.29, 1.82) is 0 Å². The van der Waals surface area contributed by atoms with E-state index < -0.39 is 0 Å². The second-order valence-electron chi connectivity index (χ2n) is 7.33. The number of aromatic nitrogens is 3. The molecule has 0 aliphatic carbocycles. The van der Waals surface area contributed by atoms with Crippen LogP contribution in [-0.2, 0) is 0 Å². The van der Waals surface area contributed by atoms with Gasteiger partial charge in [0.25, 0.3) is 0 Å². The summed E-state index contributed by atoms with van der Waals surface area (Å²) in [4.78, 5) is 10.5. The molecule has 0 amide bonds. The summed E-state index contributed by atoms with van der Waals surface area (Å²) in [5.74, 6) is 0. The Bertz CT molecular complexity index is 446. The molecule has 5 nitrogen and oxygen atoms in total. The molecule has 1 saturated heterocycles. The molecule has 1 aromatic rings. The van der Waals surface area contributed by atoms with E-state index in [0.717, 1.165) is 0 Å². The summed E-state index contributed by atoms with van der Waals surface area (Å²) in [7, 11) is 0. The molecule has 0 aromatic carbocycles. The normalized spacial score (nSPS) is 19.8. The number of unbranched alkanes of at least 4 members (excludes halogenated alkanes) is 1. The Kier molecular flexibility index (Phi) is 8.14. The molecule has 1 aliphatic heterocycles. The van der Waals surface area contributed by atoms with Gasteiger partial charge in [-0.05, 0) is 76.7 Å². The second kappa shape index (κ2) is 9.11. The third-order valence-corrected chi connectivity index (χ3v) is 4.03. The molecule has 1 fully saturated rings. The Morgan fingerprint density at radius 1 is 1.13 bits per heavy atom. The van der Waals surface area contributed by atoms with Gasteiger partial charge in [0.15, 0.2) is 0 Å². The van der Waals surface area contributed by atoms with Crippen molar-refractivity contribution in [1.82, 2.24) is 25.6 Å². The third-order valence-electron chi connectivity index (χ3n) is 3.67. The molecule has 0 radical (unpaired) electrons. The number of nitrogens with zero attached hydrogens (tertiary/aromatic N) is 3. The molecule has 7 heteroatoms. The summed E-state index contributed by atoms with van der Waals surface area (Å²) in [5.41, 5.74) is 0.539. The molecule has 1 aromatic heterocycles. The van der Waals surface area contributed by atoms with Crippen LogP contribution in [0.5, 0.6) is 0 Å². The van der Waals surface area contributed by atoms with Crippen molar-refractivity contribution in [3.05, 3.63) is 16.9 Å². The highest BCUT2D eigenvalue weighted by atomic mass is 35.5. The van der Waals surface area contributed by atoms with Gasteiger partial charge in [0, 0.05) is 17.1 Å². The highest BCUT2D eigenvalue weighted by Gasteiger charge is 2.37. The van der Waals surface area contributed by atoms with E-state index in [1.54, 1.807) is 0 Å². The molecule has 2 N–H and O–H groups in total. The fourth-order valence-electron chi connectivity index (χ4n) is 3.21. The average molecular weight is 362 g/mol. The van der Waals surface area contributed by atoms with Gasteiger partial charge in [-0.1, -0.05) is 13.3 Å². The minimum atomic E-state index is 0.116. The van der Waals surface area contributed by atoms with Crippen LogP contribution in [0.1, 0.15) is 60.3 Å². The van der Waals surface area contributed by atoms with Crippen molar-refractivity contribution in [2.24, 2.45) is 0 Å². The minimum absolute atomic E-state index is 0.116. The summed E-state index contributed by atoms with van der Waals surface area (Å²) in [6.07, 6.45) is 6.30. The Morgan fingerprint density at radius 3 is 2.04 bits per heavy atom. The molecule has 2 heterocycles. The van der Waals surface area contributed by atoms with Gasteiger partial charge in [-0.2, -0.15) is 4.98 Å². The van der Waals surface area contributed by atoms with Crippen LogP contribution in [0.25, 0.3) is 0 Å². The quantitative estimate of drug-likeness (QED) is 0.797. The summed E-state index contributed by atoms with van der Waals surface area (Å²) < 4.78 is 0. The highest BCUT2D eigenvalue weighted by molar-refractivity contribution is 6.30. The second-order valence-corrected chi connectivity index (χ2v) is 8.01. The van der Waals surface area contributed by atoms with Crippen LogP contribution in [0.15, 0.2) is 6.33 Å². The van der Waals surface area contributed by atoms with Gasteiger partial charge in [0.05, 0.1) is 0 Å². The maximum Gasteiger partial charge on any atom is 0.226 e. The first-order valence-electron chi connectivity index (χ1n) is 8.16. The predicted octanol–water partition coefficient (Wildman–Crippen LogP) is 3.86. The van der Waals surface area contributed by atoms with Crippen LogP contribution in [0.2, 0.25) is 10.6 Å². The predicted molar refractivity (Wildman–Crippen MR) is 97.1 cm³/mol. The van der Waals surface area contributed by atoms with Gasteiger partial charge >= 0.3 is 0 Å². The van der Waals surface area contributed by atoms with E-state index in [-0.39, 0.29) is 21.6 Å². The van der Waals surface area contributed by atoms with Crippen LogP contribution >= 0.6 is 23.2 Å². The highest BCUT2D eigenvalue weighted by Crippen LogP contribution is 2.28. The SMILES string of the molecule is CCCCNC1CC(C)(C)NC(C)(C)C1.Clc1ncnc(Cl)n1. The van der Waals surface area contributed by atoms with Crippen LogP contribution in [0.4, 0.5) is 0 Å². The molecular weight excluding hydrogens is 333 g/mol. The molecule has 132 valence electrons. The summed E-state index contributed by atoms with van der Waals surface area (Å²) in [5, 5.41) is 7.64. The zero-order chi connectivity index (χ0) is 17.5. The summed E-state index contributed by atoms with van der Waals surface area (Å²) >= 11 is 10.6. The topological polar surface area (TPSA) is 62.7 Å². The molecule has 1 aliphatic rings. The Labute approximate surface area is 150 Å². The van der Waals surface area contributed by atoms with E-state index in [9.17, 15) is 0 Å². The van der Waals surface area contributed by atoms with Crippen molar-refractivity contribution < 1.29 is 0 Å². The lowest BCUT2D eigenvalue weighted by atomic mass is 9.79. The van der Waals surface area contributed by atoms with E-state index in [4.69, 9.17) is 23.2 Å². The van der Waals surface area contributed by atoms with Crippen LogP contribution in [-0.4, -0.2) is 38.6 Å². The molecule has 0 bridgehead atoms. The molecular formula is C16H29Cl2N5. The lowest BCUT2D eigenvalue weighted by molar-refractivity contribution is 0.146. The van der Waals surface area contributed by atoms with Gasteiger partial charge in [-0.15, -0.1) is 0 Å².